The highest BCUT2D eigenvalue weighted by atomic mass is 32.2. The van der Waals surface area contributed by atoms with E-state index in [2.05, 4.69) is 14.5 Å². The minimum Gasteiger partial charge on any atom is -0.481 e. The second-order valence-electron chi connectivity index (χ2n) is 5.31. The Hall–Kier alpha value is -1.01. The van der Waals surface area contributed by atoms with Gasteiger partial charge in [-0.25, -0.2) is 4.98 Å². The van der Waals surface area contributed by atoms with E-state index >= 15 is 0 Å². The number of piperidine rings is 1. The van der Waals surface area contributed by atoms with Crippen LogP contribution >= 0.6 is 11.8 Å². The Bertz CT molecular complexity index is 462. The molecule has 3 rings (SSSR count). The average Bonchev–Trinajstić information content (AvgIpc) is 3.04. The lowest BCUT2D eigenvalue weighted by Crippen LogP contribution is -2.38. The molecule has 2 saturated heterocycles. The summed E-state index contributed by atoms with van der Waals surface area (Å²) in [6.45, 7) is 2.42. The zero-order chi connectivity index (χ0) is 13.2. The van der Waals surface area contributed by atoms with Crippen LogP contribution in [-0.4, -0.2) is 50.4 Å². The predicted octanol–water partition coefficient (Wildman–Crippen LogP) is 1.86. The first-order valence-corrected chi connectivity index (χ1v) is 7.84. The van der Waals surface area contributed by atoms with E-state index in [1.807, 2.05) is 6.20 Å². The highest BCUT2D eigenvalue weighted by molar-refractivity contribution is 7.99. The Labute approximate surface area is 117 Å². The van der Waals surface area contributed by atoms with E-state index in [1.165, 1.54) is 37.6 Å². The van der Waals surface area contributed by atoms with Crippen molar-refractivity contribution >= 4 is 17.7 Å². The minimum atomic E-state index is -0.787. The normalized spacial score (nSPS) is 27.4. The van der Waals surface area contributed by atoms with Gasteiger partial charge < -0.3 is 14.6 Å². The Morgan fingerprint density at radius 2 is 2.32 bits per heavy atom. The molecule has 0 spiro atoms. The van der Waals surface area contributed by atoms with Crippen LogP contribution in [0.2, 0.25) is 0 Å². The molecule has 19 heavy (non-hydrogen) atoms. The molecule has 1 aromatic heterocycles. The first-order valence-electron chi connectivity index (χ1n) is 6.85. The van der Waals surface area contributed by atoms with Crippen LogP contribution < -0.4 is 0 Å². The van der Waals surface area contributed by atoms with Gasteiger partial charge in [0, 0.05) is 31.0 Å². The quantitative estimate of drug-likeness (QED) is 0.854. The van der Waals surface area contributed by atoms with Gasteiger partial charge in [-0.15, -0.1) is 0 Å². The fourth-order valence-corrected chi connectivity index (χ4v) is 4.02. The number of carboxylic acid groups (broad SMARTS) is 1. The highest BCUT2D eigenvalue weighted by Gasteiger charge is 2.32. The molecular formula is C13H19N3O2S. The van der Waals surface area contributed by atoms with Crippen LogP contribution in [-0.2, 0) is 4.79 Å². The molecule has 2 aliphatic rings. The second-order valence-corrected chi connectivity index (χ2v) is 6.25. The molecule has 0 aliphatic carbocycles. The first-order chi connectivity index (χ1) is 9.24. The van der Waals surface area contributed by atoms with Crippen LogP contribution in [0.25, 0.3) is 0 Å². The second kappa shape index (κ2) is 5.54. The lowest BCUT2D eigenvalue weighted by molar-refractivity contribution is -0.133. The van der Waals surface area contributed by atoms with E-state index < -0.39 is 5.97 Å². The van der Waals surface area contributed by atoms with Crippen molar-refractivity contribution in [3.8, 4) is 0 Å². The summed E-state index contributed by atoms with van der Waals surface area (Å²) in [6.07, 6.45) is 8.74. The average molecular weight is 281 g/mol. The number of nitrogens with zero attached hydrogens (tertiary/aromatic N) is 3. The summed E-state index contributed by atoms with van der Waals surface area (Å²) in [6, 6.07) is 1.21. The number of thioether (sulfide) groups is 1. The van der Waals surface area contributed by atoms with Crippen molar-refractivity contribution in [2.75, 3.05) is 18.8 Å². The molecule has 2 unspecified atom stereocenters. The molecule has 1 N–H and O–H groups in total. The van der Waals surface area contributed by atoms with Gasteiger partial charge in [-0.05, 0) is 32.2 Å². The lowest BCUT2D eigenvalue weighted by atomic mass is 9.97. The topological polar surface area (TPSA) is 58.4 Å². The van der Waals surface area contributed by atoms with Gasteiger partial charge in [-0.1, -0.05) is 11.8 Å². The van der Waals surface area contributed by atoms with Crippen molar-refractivity contribution < 1.29 is 9.90 Å². The fraction of sp³-hybridized carbons (Fsp3) is 0.692. The van der Waals surface area contributed by atoms with Gasteiger partial charge >= 0.3 is 5.97 Å². The molecule has 5 nitrogen and oxygen atoms in total. The number of hydrogen-bond donors (Lipinski definition) is 1. The van der Waals surface area contributed by atoms with Gasteiger partial charge in [0.1, 0.15) is 0 Å². The van der Waals surface area contributed by atoms with Crippen molar-refractivity contribution in [2.24, 2.45) is 0 Å². The van der Waals surface area contributed by atoms with Crippen molar-refractivity contribution in [1.82, 2.24) is 14.5 Å². The van der Waals surface area contributed by atoms with Crippen LogP contribution in [0.3, 0.4) is 0 Å². The number of aliphatic carboxylic acids is 1. The largest absolute Gasteiger partial charge is 0.481 e. The Morgan fingerprint density at radius 3 is 3.16 bits per heavy atom. The van der Waals surface area contributed by atoms with Crippen LogP contribution in [0.1, 0.15) is 31.7 Å². The molecular weight excluding hydrogens is 262 g/mol. The lowest BCUT2D eigenvalue weighted by Gasteiger charge is -2.35. The van der Waals surface area contributed by atoms with Gasteiger partial charge in [0.15, 0.2) is 5.16 Å². The highest BCUT2D eigenvalue weighted by Crippen LogP contribution is 2.34. The van der Waals surface area contributed by atoms with Gasteiger partial charge in [0.05, 0.1) is 5.75 Å². The number of carboxylic acids is 1. The summed E-state index contributed by atoms with van der Waals surface area (Å²) < 4.78 is 2.18. The van der Waals surface area contributed by atoms with Crippen molar-refractivity contribution in [3.05, 3.63) is 12.4 Å². The number of carbonyl (C=O) groups is 1. The molecule has 2 atom stereocenters. The van der Waals surface area contributed by atoms with Gasteiger partial charge in [-0.2, -0.15) is 0 Å². The standard InChI is InChI=1S/C13H19N3O2S/c17-12(18)9-19-13-14-4-7-16(13)11-3-6-15-5-1-2-10(15)8-11/h4,7,10-11H,1-3,5-6,8-9H2,(H,17,18). The maximum atomic E-state index is 10.7. The van der Waals surface area contributed by atoms with Crippen molar-refractivity contribution in [2.45, 2.75) is 42.9 Å². The summed E-state index contributed by atoms with van der Waals surface area (Å²) in [5.41, 5.74) is 0. The summed E-state index contributed by atoms with van der Waals surface area (Å²) in [5, 5.41) is 9.62. The molecule has 2 aliphatic heterocycles. The number of fused-ring (bicyclic) bond motifs is 1. The molecule has 0 saturated carbocycles. The van der Waals surface area contributed by atoms with E-state index in [-0.39, 0.29) is 5.75 Å². The van der Waals surface area contributed by atoms with E-state index in [0.717, 1.165) is 24.2 Å². The van der Waals surface area contributed by atoms with E-state index in [1.54, 1.807) is 6.20 Å². The van der Waals surface area contributed by atoms with Gasteiger partial charge in [-0.3, -0.25) is 4.79 Å². The first kappa shape index (κ1) is 13.0. The number of aromatic nitrogens is 2. The summed E-state index contributed by atoms with van der Waals surface area (Å²) in [5.74, 6) is -0.704. The molecule has 2 fully saturated rings. The van der Waals surface area contributed by atoms with Crippen molar-refractivity contribution in [3.63, 3.8) is 0 Å². The summed E-state index contributed by atoms with van der Waals surface area (Å²) in [4.78, 5) is 17.6. The van der Waals surface area contributed by atoms with E-state index in [4.69, 9.17) is 5.11 Å². The summed E-state index contributed by atoms with van der Waals surface area (Å²) in [7, 11) is 0. The van der Waals surface area contributed by atoms with E-state index in [9.17, 15) is 4.79 Å². The fourth-order valence-electron chi connectivity index (χ4n) is 3.27. The van der Waals surface area contributed by atoms with Crippen molar-refractivity contribution in [1.29, 1.82) is 0 Å². The number of rotatable bonds is 4. The van der Waals surface area contributed by atoms with Gasteiger partial charge in [0.25, 0.3) is 0 Å². The molecule has 3 heterocycles. The Morgan fingerprint density at radius 1 is 1.42 bits per heavy atom. The smallest absolute Gasteiger partial charge is 0.313 e. The third-order valence-corrected chi connectivity index (χ3v) is 5.11. The zero-order valence-corrected chi connectivity index (χ0v) is 11.7. The van der Waals surface area contributed by atoms with E-state index in [0.29, 0.717) is 6.04 Å². The molecule has 6 heteroatoms. The molecule has 0 aromatic carbocycles. The van der Waals surface area contributed by atoms with Crippen LogP contribution in [0.5, 0.6) is 0 Å². The number of hydrogen-bond acceptors (Lipinski definition) is 4. The number of imidazole rings is 1. The molecule has 0 radical (unpaired) electrons. The maximum absolute atomic E-state index is 10.7. The SMILES string of the molecule is O=C(O)CSc1nccn1C1CCN2CCCC2C1. The Balaban J connectivity index is 1.68. The summed E-state index contributed by atoms with van der Waals surface area (Å²) >= 11 is 1.32. The monoisotopic (exact) mass is 281 g/mol. The molecule has 0 bridgehead atoms. The molecule has 0 amide bonds. The third kappa shape index (κ3) is 2.79. The zero-order valence-electron chi connectivity index (χ0n) is 10.9. The van der Waals surface area contributed by atoms with Crippen LogP contribution in [0, 0.1) is 0 Å². The maximum Gasteiger partial charge on any atom is 0.313 e. The van der Waals surface area contributed by atoms with Gasteiger partial charge in [0.2, 0.25) is 0 Å². The minimum absolute atomic E-state index is 0.0826. The Kier molecular flexibility index (Phi) is 3.79. The third-order valence-electron chi connectivity index (χ3n) is 4.14. The van der Waals surface area contributed by atoms with Crippen LogP contribution in [0.15, 0.2) is 17.6 Å². The molecule has 1 aromatic rings. The molecule has 104 valence electrons. The predicted molar refractivity (Wildman–Crippen MR) is 73.5 cm³/mol. The van der Waals surface area contributed by atoms with Crippen LogP contribution in [0.4, 0.5) is 0 Å².